The molecule has 130 valence electrons. The van der Waals surface area contributed by atoms with Gasteiger partial charge in [0.15, 0.2) is 5.16 Å². The lowest BCUT2D eigenvalue weighted by molar-refractivity contribution is -0.116. The van der Waals surface area contributed by atoms with Crippen LogP contribution in [0.3, 0.4) is 0 Å². The average molecular weight is 355 g/mol. The SMILES string of the molecule is COc1ccc(NC(=O)[C@@H](Sc2nc3ccccc3[nH]2)C(C)C)cc1. The van der Waals surface area contributed by atoms with Gasteiger partial charge in [0.1, 0.15) is 5.75 Å². The molecule has 1 heterocycles. The van der Waals surface area contributed by atoms with E-state index in [1.807, 2.05) is 62.4 Å². The molecule has 0 spiro atoms. The number of hydrogen-bond acceptors (Lipinski definition) is 4. The summed E-state index contributed by atoms with van der Waals surface area (Å²) in [5.74, 6) is 0.886. The number of rotatable bonds is 6. The third kappa shape index (κ3) is 4.14. The van der Waals surface area contributed by atoms with Gasteiger partial charge in [0, 0.05) is 5.69 Å². The van der Waals surface area contributed by atoms with E-state index in [4.69, 9.17) is 4.74 Å². The number of anilines is 1. The monoisotopic (exact) mass is 355 g/mol. The van der Waals surface area contributed by atoms with Crippen LogP contribution in [0.25, 0.3) is 11.0 Å². The molecule has 3 aromatic rings. The highest BCUT2D eigenvalue weighted by Crippen LogP contribution is 2.29. The number of carbonyl (C=O) groups excluding carboxylic acids is 1. The van der Waals surface area contributed by atoms with E-state index in [0.717, 1.165) is 27.6 Å². The minimum Gasteiger partial charge on any atom is -0.497 e. The van der Waals surface area contributed by atoms with Gasteiger partial charge in [0.25, 0.3) is 0 Å². The first-order chi connectivity index (χ1) is 12.1. The fourth-order valence-electron chi connectivity index (χ4n) is 2.49. The maximum atomic E-state index is 12.7. The van der Waals surface area contributed by atoms with E-state index in [1.165, 1.54) is 11.8 Å². The summed E-state index contributed by atoms with van der Waals surface area (Å²) in [4.78, 5) is 20.6. The van der Waals surface area contributed by atoms with Crippen molar-refractivity contribution in [1.82, 2.24) is 9.97 Å². The number of thioether (sulfide) groups is 1. The zero-order chi connectivity index (χ0) is 17.8. The first-order valence-electron chi connectivity index (χ1n) is 8.13. The van der Waals surface area contributed by atoms with E-state index >= 15 is 0 Å². The van der Waals surface area contributed by atoms with Gasteiger partial charge in [-0.05, 0) is 42.3 Å². The zero-order valence-corrected chi connectivity index (χ0v) is 15.3. The number of carbonyl (C=O) groups is 1. The highest BCUT2D eigenvalue weighted by atomic mass is 32.2. The minimum atomic E-state index is -0.248. The molecule has 0 aliphatic heterocycles. The average Bonchev–Trinajstić information content (AvgIpc) is 3.02. The molecule has 0 radical (unpaired) electrons. The van der Waals surface area contributed by atoms with E-state index in [0.29, 0.717) is 0 Å². The lowest BCUT2D eigenvalue weighted by Crippen LogP contribution is -2.29. The van der Waals surface area contributed by atoms with Crippen molar-refractivity contribution in [3.05, 3.63) is 48.5 Å². The van der Waals surface area contributed by atoms with E-state index < -0.39 is 0 Å². The van der Waals surface area contributed by atoms with Gasteiger partial charge in [-0.15, -0.1) is 0 Å². The lowest BCUT2D eigenvalue weighted by atomic mass is 10.1. The van der Waals surface area contributed by atoms with Crippen LogP contribution >= 0.6 is 11.8 Å². The van der Waals surface area contributed by atoms with Gasteiger partial charge in [-0.2, -0.15) is 0 Å². The first-order valence-corrected chi connectivity index (χ1v) is 9.01. The zero-order valence-electron chi connectivity index (χ0n) is 14.4. The first kappa shape index (κ1) is 17.4. The lowest BCUT2D eigenvalue weighted by Gasteiger charge is -2.18. The Labute approximate surface area is 151 Å². The fourth-order valence-corrected chi connectivity index (χ4v) is 3.48. The number of aromatic nitrogens is 2. The topological polar surface area (TPSA) is 67.0 Å². The summed E-state index contributed by atoms with van der Waals surface area (Å²) in [6.07, 6.45) is 0. The second-order valence-corrected chi connectivity index (χ2v) is 7.19. The van der Waals surface area contributed by atoms with Gasteiger partial charge in [-0.1, -0.05) is 37.7 Å². The molecule has 5 nitrogen and oxygen atoms in total. The number of H-pyrrole nitrogens is 1. The number of amides is 1. The normalized spacial score (nSPS) is 12.3. The molecule has 0 bridgehead atoms. The van der Waals surface area contributed by atoms with Crippen molar-refractivity contribution >= 4 is 34.4 Å². The summed E-state index contributed by atoms with van der Waals surface area (Å²) in [7, 11) is 1.62. The summed E-state index contributed by atoms with van der Waals surface area (Å²) in [5.41, 5.74) is 2.63. The van der Waals surface area contributed by atoms with Crippen molar-refractivity contribution in [2.75, 3.05) is 12.4 Å². The van der Waals surface area contributed by atoms with Gasteiger partial charge in [0.05, 0.1) is 23.4 Å². The van der Waals surface area contributed by atoms with Crippen LogP contribution < -0.4 is 10.1 Å². The summed E-state index contributed by atoms with van der Waals surface area (Å²) in [6.45, 7) is 4.07. The molecule has 2 aromatic carbocycles. The number of nitrogens with one attached hydrogen (secondary N) is 2. The molecule has 3 rings (SSSR count). The number of benzene rings is 2. The molecule has 0 aliphatic carbocycles. The molecule has 0 fully saturated rings. The summed E-state index contributed by atoms with van der Waals surface area (Å²) < 4.78 is 5.14. The van der Waals surface area contributed by atoms with Crippen LogP contribution in [-0.4, -0.2) is 28.2 Å². The molecule has 1 amide bonds. The van der Waals surface area contributed by atoms with Crippen molar-refractivity contribution in [3.63, 3.8) is 0 Å². The van der Waals surface area contributed by atoms with E-state index in [1.54, 1.807) is 7.11 Å². The third-order valence-electron chi connectivity index (χ3n) is 3.83. The maximum Gasteiger partial charge on any atom is 0.238 e. The van der Waals surface area contributed by atoms with Gasteiger partial charge in [-0.3, -0.25) is 4.79 Å². The van der Waals surface area contributed by atoms with Gasteiger partial charge >= 0.3 is 0 Å². The highest BCUT2D eigenvalue weighted by molar-refractivity contribution is 8.00. The van der Waals surface area contributed by atoms with E-state index in [2.05, 4.69) is 15.3 Å². The summed E-state index contributed by atoms with van der Waals surface area (Å²) in [6, 6.07) is 15.2. The van der Waals surface area contributed by atoms with Crippen molar-refractivity contribution in [2.24, 2.45) is 5.92 Å². The molecule has 0 saturated carbocycles. The van der Waals surface area contributed by atoms with Crippen LogP contribution in [0.4, 0.5) is 5.69 Å². The fraction of sp³-hybridized carbons (Fsp3) is 0.263. The Kier molecular flexibility index (Phi) is 5.28. The Bertz CT molecular complexity index is 825. The van der Waals surface area contributed by atoms with Crippen LogP contribution in [0.5, 0.6) is 5.75 Å². The standard InChI is InChI=1S/C19H21N3O2S/c1-12(2)17(18(23)20-13-8-10-14(24-3)11-9-13)25-19-21-15-6-4-5-7-16(15)22-19/h4-12,17H,1-3H3,(H,20,23)(H,21,22)/t17-/m0/s1. The van der Waals surface area contributed by atoms with Crippen molar-refractivity contribution < 1.29 is 9.53 Å². The second-order valence-electron chi connectivity index (χ2n) is 6.06. The number of imidazole rings is 1. The van der Waals surface area contributed by atoms with Crippen LogP contribution in [0.15, 0.2) is 53.7 Å². The van der Waals surface area contributed by atoms with Crippen LogP contribution in [0.2, 0.25) is 0 Å². The Morgan fingerprint density at radius 1 is 1.16 bits per heavy atom. The number of methoxy groups -OCH3 is 1. The number of fused-ring (bicyclic) bond motifs is 1. The second kappa shape index (κ2) is 7.61. The number of para-hydroxylation sites is 2. The Hall–Kier alpha value is -2.47. The Morgan fingerprint density at radius 2 is 1.88 bits per heavy atom. The number of aromatic amines is 1. The number of ether oxygens (including phenoxy) is 1. The Balaban J connectivity index is 1.74. The van der Waals surface area contributed by atoms with E-state index in [-0.39, 0.29) is 17.1 Å². The molecule has 0 saturated heterocycles. The third-order valence-corrected chi connectivity index (χ3v) is 5.26. The van der Waals surface area contributed by atoms with Crippen molar-refractivity contribution in [1.29, 1.82) is 0 Å². The largest absolute Gasteiger partial charge is 0.497 e. The molecule has 0 aliphatic rings. The molecular formula is C19H21N3O2S. The van der Waals surface area contributed by atoms with Gasteiger partial charge in [0.2, 0.25) is 5.91 Å². The highest BCUT2D eigenvalue weighted by Gasteiger charge is 2.25. The minimum absolute atomic E-state index is 0.0365. The molecule has 25 heavy (non-hydrogen) atoms. The predicted molar refractivity (Wildman–Crippen MR) is 102 cm³/mol. The molecular weight excluding hydrogens is 334 g/mol. The molecule has 1 aromatic heterocycles. The smallest absolute Gasteiger partial charge is 0.238 e. The molecule has 6 heteroatoms. The van der Waals surface area contributed by atoms with Crippen LogP contribution in [0, 0.1) is 5.92 Å². The quantitative estimate of drug-likeness (QED) is 0.646. The molecule has 1 atom stereocenters. The molecule has 0 unspecified atom stereocenters. The van der Waals surface area contributed by atoms with E-state index in [9.17, 15) is 4.79 Å². The summed E-state index contributed by atoms with van der Waals surface area (Å²) in [5, 5.41) is 3.48. The molecule has 2 N–H and O–H groups in total. The van der Waals surface area contributed by atoms with Crippen molar-refractivity contribution in [2.45, 2.75) is 24.3 Å². The number of nitrogens with zero attached hydrogens (tertiary/aromatic N) is 1. The Morgan fingerprint density at radius 3 is 2.52 bits per heavy atom. The predicted octanol–water partition coefficient (Wildman–Crippen LogP) is 4.33. The van der Waals surface area contributed by atoms with Gasteiger partial charge in [-0.25, -0.2) is 4.98 Å². The van der Waals surface area contributed by atoms with Crippen LogP contribution in [0.1, 0.15) is 13.8 Å². The van der Waals surface area contributed by atoms with Crippen molar-refractivity contribution in [3.8, 4) is 5.75 Å². The summed E-state index contributed by atoms with van der Waals surface area (Å²) >= 11 is 1.45. The van der Waals surface area contributed by atoms with Crippen LogP contribution in [-0.2, 0) is 4.79 Å². The maximum absolute atomic E-state index is 12.7. The van der Waals surface area contributed by atoms with Gasteiger partial charge < -0.3 is 15.0 Å². The number of hydrogen-bond donors (Lipinski definition) is 2.